The van der Waals surface area contributed by atoms with Crippen molar-refractivity contribution in [1.82, 2.24) is 20.2 Å². The Bertz CT molecular complexity index is 1500. The van der Waals surface area contributed by atoms with Crippen LogP contribution in [0.25, 0.3) is 45.6 Å². The molecule has 6 rings (SSSR count). The number of aromatic amines is 2. The fraction of sp³-hybridized carbons (Fsp3) is 0. The Morgan fingerprint density at radius 3 is 2.42 bits per heavy atom. The first-order valence-electron chi connectivity index (χ1n) is 10.6. The molecule has 33 heavy (non-hydrogen) atoms. The number of carbonyl (C=O) groups excluding carboxylic acids is 1. The third-order valence-corrected chi connectivity index (χ3v) is 5.71. The third kappa shape index (κ3) is 3.53. The van der Waals surface area contributed by atoms with Gasteiger partial charge < -0.3 is 10.3 Å². The van der Waals surface area contributed by atoms with E-state index in [4.69, 9.17) is 0 Å². The van der Waals surface area contributed by atoms with E-state index in [1.807, 2.05) is 91.1 Å². The fourth-order valence-electron chi connectivity index (χ4n) is 4.06. The van der Waals surface area contributed by atoms with E-state index < -0.39 is 0 Å². The molecule has 0 aliphatic carbocycles. The summed E-state index contributed by atoms with van der Waals surface area (Å²) in [5, 5.41) is 10.4. The molecule has 0 fully saturated rings. The van der Waals surface area contributed by atoms with E-state index in [0.29, 0.717) is 11.4 Å². The van der Waals surface area contributed by atoms with Crippen molar-refractivity contribution in [1.29, 1.82) is 0 Å². The average Bonchev–Trinajstić information content (AvgIpc) is 3.61. The summed E-state index contributed by atoms with van der Waals surface area (Å²) < 4.78 is 0. The Morgan fingerprint density at radius 1 is 0.758 bits per heavy atom. The molecule has 0 bridgehead atoms. The predicted octanol–water partition coefficient (Wildman–Crippen LogP) is 5.63. The van der Waals surface area contributed by atoms with Crippen LogP contribution in [0.15, 0.2) is 91.1 Å². The van der Waals surface area contributed by atoms with Crippen molar-refractivity contribution in [3.8, 4) is 33.9 Å². The summed E-state index contributed by atoms with van der Waals surface area (Å²) >= 11 is 0. The van der Waals surface area contributed by atoms with Gasteiger partial charge in [0.15, 0.2) is 11.6 Å². The molecular formula is C27H19N5O. The molecule has 6 nitrogen and oxygen atoms in total. The molecule has 3 N–H and O–H groups in total. The summed E-state index contributed by atoms with van der Waals surface area (Å²) in [4.78, 5) is 20.3. The summed E-state index contributed by atoms with van der Waals surface area (Å²) in [5.74, 6) is 1.28. The van der Waals surface area contributed by atoms with Crippen LogP contribution < -0.4 is 5.32 Å². The van der Waals surface area contributed by atoms with Crippen LogP contribution in [0.5, 0.6) is 0 Å². The van der Waals surface area contributed by atoms with Crippen LogP contribution in [0.1, 0.15) is 11.3 Å². The lowest BCUT2D eigenvalue weighted by Crippen LogP contribution is -2.03. The van der Waals surface area contributed by atoms with Crippen LogP contribution in [0, 0.1) is 0 Å². The highest BCUT2D eigenvalue weighted by Crippen LogP contribution is 2.36. The number of fused-ring (bicyclic) bond motifs is 1. The highest BCUT2D eigenvalue weighted by molar-refractivity contribution is 6.35. The van der Waals surface area contributed by atoms with Gasteiger partial charge in [-0.15, -0.1) is 0 Å². The highest BCUT2D eigenvalue weighted by Gasteiger charge is 2.24. The molecule has 0 spiro atoms. The van der Waals surface area contributed by atoms with Gasteiger partial charge in [0.1, 0.15) is 0 Å². The van der Waals surface area contributed by atoms with Crippen molar-refractivity contribution >= 4 is 23.2 Å². The first-order chi connectivity index (χ1) is 16.2. The molecule has 0 radical (unpaired) electrons. The Kier molecular flexibility index (Phi) is 4.47. The second-order valence-electron chi connectivity index (χ2n) is 7.85. The smallest absolute Gasteiger partial charge is 0.256 e. The van der Waals surface area contributed by atoms with Gasteiger partial charge in [-0.05, 0) is 41.5 Å². The van der Waals surface area contributed by atoms with E-state index in [1.165, 1.54) is 0 Å². The first-order valence-corrected chi connectivity index (χ1v) is 10.6. The van der Waals surface area contributed by atoms with Gasteiger partial charge in [-0.1, -0.05) is 60.7 Å². The molecule has 0 atom stereocenters. The minimum atomic E-state index is -0.0975. The second kappa shape index (κ2) is 7.76. The molecule has 3 aromatic carbocycles. The van der Waals surface area contributed by atoms with Crippen LogP contribution in [0.3, 0.4) is 0 Å². The molecule has 1 amide bonds. The molecule has 1 aliphatic heterocycles. The maximum Gasteiger partial charge on any atom is 0.256 e. The number of aromatic nitrogens is 4. The maximum absolute atomic E-state index is 12.6. The minimum Gasteiger partial charge on any atom is -0.362 e. The van der Waals surface area contributed by atoms with Gasteiger partial charge in [0.05, 0.1) is 5.57 Å². The van der Waals surface area contributed by atoms with E-state index in [-0.39, 0.29) is 5.91 Å². The number of amides is 1. The zero-order valence-electron chi connectivity index (χ0n) is 17.5. The Labute approximate surface area is 190 Å². The van der Waals surface area contributed by atoms with Crippen molar-refractivity contribution in [3.05, 3.63) is 102 Å². The molecule has 158 valence electrons. The second-order valence-corrected chi connectivity index (χ2v) is 7.85. The van der Waals surface area contributed by atoms with Crippen LogP contribution >= 0.6 is 0 Å². The normalized spacial score (nSPS) is 13.8. The molecule has 6 heteroatoms. The quantitative estimate of drug-likeness (QED) is 0.324. The number of benzene rings is 3. The summed E-state index contributed by atoms with van der Waals surface area (Å²) in [6, 6.07) is 27.9. The topological polar surface area (TPSA) is 86.5 Å². The molecule has 0 saturated heterocycles. The van der Waals surface area contributed by atoms with Gasteiger partial charge >= 0.3 is 0 Å². The SMILES string of the molecule is O=C1Nc2cc(-c3cccc(-c4n[nH]c(-c5ccccc5)n4)c3)ccc2C1=Cc1ccc[nH]1. The van der Waals surface area contributed by atoms with Crippen LogP contribution in [0.2, 0.25) is 0 Å². The molecule has 1 aliphatic rings. The summed E-state index contributed by atoms with van der Waals surface area (Å²) in [6.45, 7) is 0. The molecule has 0 unspecified atom stereocenters. The highest BCUT2D eigenvalue weighted by atomic mass is 16.2. The third-order valence-electron chi connectivity index (χ3n) is 5.71. The number of anilines is 1. The van der Waals surface area contributed by atoms with E-state index in [9.17, 15) is 4.79 Å². The number of carbonyl (C=O) groups is 1. The Balaban J connectivity index is 1.33. The van der Waals surface area contributed by atoms with Gasteiger partial charge in [-0.2, -0.15) is 5.10 Å². The van der Waals surface area contributed by atoms with Crippen molar-refractivity contribution in [2.75, 3.05) is 5.32 Å². The van der Waals surface area contributed by atoms with Gasteiger partial charge in [0.25, 0.3) is 5.91 Å². The zero-order chi connectivity index (χ0) is 22.2. The van der Waals surface area contributed by atoms with Crippen LogP contribution in [-0.4, -0.2) is 26.1 Å². The van der Waals surface area contributed by atoms with Gasteiger partial charge in [0, 0.05) is 34.3 Å². The number of nitrogens with zero attached hydrogens (tertiary/aromatic N) is 2. The molecular weight excluding hydrogens is 410 g/mol. The van der Waals surface area contributed by atoms with Crippen molar-refractivity contribution in [2.45, 2.75) is 0 Å². The molecule has 5 aromatic rings. The standard InChI is InChI=1S/C27H19N5O/c33-27-23(16-21-10-5-13-28-21)22-12-11-19(15-24(22)29-27)18-8-4-9-20(14-18)26-30-25(31-32-26)17-6-2-1-3-7-17/h1-16,28H,(H,29,33)(H,30,31,32). The van der Waals surface area contributed by atoms with Crippen molar-refractivity contribution < 1.29 is 4.79 Å². The molecule has 3 heterocycles. The summed E-state index contributed by atoms with van der Waals surface area (Å²) in [6.07, 6.45) is 3.71. The predicted molar refractivity (Wildman–Crippen MR) is 130 cm³/mol. The lowest BCUT2D eigenvalue weighted by Gasteiger charge is -2.06. The van der Waals surface area contributed by atoms with E-state index in [2.05, 4.69) is 31.5 Å². The van der Waals surface area contributed by atoms with Crippen LogP contribution in [-0.2, 0) is 4.79 Å². The van der Waals surface area contributed by atoms with Gasteiger partial charge in [-0.25, -0.2) is 4.98 Å². The summed E-state index contributed by atoms with van der Waals surface area (Å²) in [5.41, 5.74) is 7.20. The average molecular weight is 429 g/mol. The lowest BCUT2D eigenvalue weighted by molar-refractivity contribution is -0.110. The number of rotatable bonds is 4. The number of hydrogen-bond donors (Lipinski definition) is 3. The van der Waals surface area contributed by atoms with E-state index in [0.717, 1.165) is 45.0 Å². The van der Waals surface area contributed by atoms with Crippen LogP contribution in [0.4, 0.5) is 5.69 Å². The Morgan fingerprint density at radius 2 is 1.58 bits per heavy atom. The van der Waals surface area contributed by atoms with Crippen molar-refractivity contribution in [3.63, 3.8) is 0 Å². The van der Waals surface area contributed by atoms with E-state index in [1.54, 1.807) is 0 Å². The first kappa shape index (κ1) is 19.0. The number of hydrogen-bond acceptors (Lipinski definition) is 3. The van der Waals surface area contributed by atoms with Crippen molar-refractivity contribution in [2.24, 2.45) is 0 Å². The zero-order valence-corrected chi connectivity index (χ0v) is 17.5. The fourth-order valence-corrected chi connectivity index (χ4v) is 4.06. The maximum atomic E-state index is 12.6. The lowest BCUT2D eigenvalue weighted by atomic mass is 9.98. The molecule has 0 saturated carbocycles. The monoisotopic (exact) mass is 429 g/mol. The Hall–Kier alpha value is -4.71. The number of nitrogens with one attached hydrogen (secondary N) is 3. The largest absolute Gasteiger partial charge is 0.362 e. The van der Waals surface area contributed by atoms with E-state index >= 15 is 0 Å². The van der Waals surface area contributed by atoms with Gasteiger partial charge in [0.2, 0.25) is 0 Å². The minimum absolute atomic E-state index is 0.0975. The molecule has 2 aromatic heterocycles. The summed E-state index contributed by atoms with van der Waals surface area (Å²) in [7, 11) is 0. The van der Waals surface area contributed by atoms with Gasteiger partial charge in [-0.3, -0.25) is 9.89 Å². The number of H-pyrrole nitrogens is 2.